The lowest BCUT2D eigenvalue weighted by Crippen LogP contribution is -2.14. The number of aryl methyl sites for hydroxylation is 3. The first-order valence-electron chi connectivity index (χ1n) is 9.08. The van der Waals surface area contributed by atoms with E-state index in [1.54, 1.807) is 0 Å². The second-order valence-electron chi connectivity index (χ2n) is 6.91. The van der Waals surface area contributed by atoms with Crippen molar-refractivity contribution in [3.8, 4) is 0 Å². The molecule has 0 bridgehead atoms. The molecule has 1 aromatic heterocycles. The molecule has 2 nitrogen and oxygen atoms in total. The molecule has 0 aliphatic heterocycles. The smallest absolute Gasteiger partial charge is 0.0946 e. The molecular weight excluding hydrogens is 395 g/mol. The van der Waals surface area contributed by atoms with Gasteiger partial charge < -0.3 is 4.57 Å². The molecule has 27 heavy (non-hydrogen) atoms. The van der Waals surface area contributed by atoms with Crippen molar-refractivity contribution in [1.29, 1.82) is 0 Å². The van der Waals surface area contributed by atoms with Crippen LogP contribution >= 0.6 is 35.0 Å². The van der Waals surface area contributed by atoms with Crippen LogP contribution in [-0.4, -0.2) is 14.8 Å². The number of rotatable bonds is 8. The minimum Gasteiger partial charge on any atom is -0.336 e. The Morgan fingerprint density at radius 2 is 1.93 bits per heavy atom. The number of hydrogen-bond donors (Lipinski definition) is 0. The maximum atomic E-state index is 6.16. The van der Waals surface area contributed by atoms with E-state index in [0.29, 0.717) is 15.3 Å². The van der Waals surface area contributed by atoms with Crippen molar-refractivity contribution in [3.63, 3.8) is 0 Å². The lowest BCUT2D eigenvalue weighted by atomic mass is 10.0. The number of imidazole rings is 1. The van der Waals surface area contributed by atoms with Gasteiger partial charge in [-0.25, -0.2) is 4.98 Å². The summed E-state index contributed by atoms with van der Waals surface area (Å²) in [7, 11) is 0. The van der Waals surface area contributed by atoms with E-state index in [9.17, 15) is 0 Å². The van der Waals surface area contributed by atoms with E-state index in [2.05, 4.69) is 47.7 Å². The first kappa shape index (κ1) is 20.3. The molecule has 0 spiro atoms. The number of hydrogen-bond acceptors (Lipinski definition) is 2. The summed E-state index contributed by atoms with van der Waals surface area (Å²) >= 11 is 14.2. The van der Waals surface area contributed by atoms with Gasteiger partial charge in [-0.15, -0.1) is 0 Å². The second-order valence-corrected chi connectivity index (χ2v) is 9.01. The summed E-state index contributed by atoms with van der Waals surface area (Å²) in [6.07, 6.45) is 7.96. The predicted octanol–water partition coefficient (Wildman–Crippen LogP) is 6.74. The molecule has 0 aliphatic rings. The van der Waals surface area contributed by atoms with Gasteiger partial charge in [-0.05, 0) is 55.5 Å². The molecule has 0 aliphatic carbocycles. The molecule has 1 unspecified atom stereocenters. The Labute approximate surface area is 175 Å². The first-order chi connectivity index (χ1) is 13.0. The Hall–Kier alpha value is -1.42. The Bertz CT molecular complexity index is 878. The van der Waals surface area contributed by atoms with Gasteiger partial charge in [0, 0.05) is 29.9 Å². The van der Waals surface area contributed by atoms with Gasteiger partial charge in [0.15, 0.2) is 0 Å². The van der Waals surface area contributed by atoms with Crippen LogP contribution in [0.3, 0.4) is 0 Å². The van der Waals surface area contributed by atoms with Gasteiger partial charge >= 0.3 is 0 Å². The molecule has 0 amide bonds. The van der Waals surface area contributed by atoms with Gasteiger partial charge in [0.25, 0.3) is 0 Å². The SMILES string of the molecule is Cc1ccc(CCC(Cn2ccnc2)SCc2ccc(Cl)c(Cl)c2)c(C)c1. The molecule has 0 fully saturated rings. The number of halogens is 2. The number of thioether (sulfide) groups is 1. The van der Waals surface area contributed by atoms with Crippen molar-refractivity contribution >= 4 is 35.0 Å². The highest BCUT2D eigenvalue weighted by Crippen LogP contribution is 2.28. The zero-order valence-corrected chi connectivity index (χ0v) is 18.0. The molecule has 2 aromatic carbocycles. The highest BCUT2D eigenvalue weighted by molar-refractivity contribution is 7.99. The molecule has 3 aromatic rings. The predicted molar refractivity (Wildman–Crippen MR) is 118 cm³/mol. The minimum absolute atomic E-state index is 0.495. The molecule has 5 heteroatoms. The summed E-state index contributed by atoms with van der Waals surface area (Å²) in [4.78, 5) is 4.18. The Balaban J connectivity index is 1.65. The van der Waals surface area contributed by atoms with Crippen molar-refractivity contribution in [2.45, 2.75) is 44.2 Å². The van der Waals surface area contributed by atoms with E-state index < -0.39 is 0 Å². The highest BCUT2D eigenvalue weighted by atomic mass is 35.5. The Kier molecular flexibility index (Phi) is 7.28. The zero-order chi connectivity index (χ0) is 19.2. The Morgan fingerprint density at radius 3 is 2.63 bits per heavy atom. The number of aromatic nitrogens is 2. The zero-order valence-electron chi connectivity index (χ0n) is 15.7. The molecule has 0 radical (unpaired) electrons. The lowest BCUT2D eigenvalue weighted by Gasteiger charge is -2.18. The molecule has 1 heterocycles. The van der Waals surface area contributed by atoms with Crippen LogP contribution in [0, 0.1) is 13.8 Å². The summed E-state index contributed by atoms with van der Waals surface area (Å²) < 4.78 is 2.16. The van der Waals surface area contributed by atoms with E-state index in [1.165, 1.54) is 22.3 Å². The second kappa shape index (κ2) is 9.68. The number of nitrogens with zero attached hydrogens (tertiary/aromatic N) is 2. The fraction of sp³-hybridized carbons (Fsp3) is 0.318. The van der Waals surface area contributed by atoms with Crippen molar-refractivity contribution in [3.05, 3.63) is 87.4 Å². The largest absolute Gasteiger partial charge is 0.336 e. The fourth-order valence-corrected chi connectivity index (χ4v) is 4.63. The molecule has 1 atom stereocenters. The average Bonchev–Trinajstić information content (AvgIpc) is 3.14. The minimum atomic E-state index is 0.495. The van der Waals surface area contributed by atoms with Crippen LogP contribution in [0.2, 0.25) is 10.0 Å². The van der Waals surface area contributed by atoms with Crippen LogP contribution in [0.4, 0.5) is 0 Å². The fourth-order valence-electron chi connectivity index (χ4n) is 3.14. The van der Waals surface area contributed by atoms with Crippen LogP contribution in [-0.2, 0) is 18.7 Å². The first-order valence-corrected chi connectivity index (χ1v) is 10.9. The maximum absolute atomic E-state index is 6.16. The molecular formula is C22H24Cl2N2S. The standard InChI is InChI=1S/C22H24Cl2N2S/c1-16-3-5-19(17(2)11-16)6-7-20(13-26-10-9-25-15-26)27-14-18-4-8-21(23)22(24)12-18/h3-5,8-12,15,20H,6-7,13-14H2,1-2H3. The maximum Gasteiger partial charge on any atom is 0.0946 e. The van der Waals surface area contributed by atoms with Gasteiger partial charge in [0.1, 0.15) is 0 Å². The molecule has 3 rings (SSSR count). The summed E-state index contributed by atoms with van der Waals surface area (Å²) in [6.45, 7) is 5.30. The van der Waals surface area contributed by atoms with Crippen LogP contribution in [0.15, 0.2) is 55.1 Å². The quantitative estimate of drug-likeness (QED) is 0.402. The molecule has 0 saturated heterocycles. The monoisotopic (exact) mass is 418 g/mol. The summed E-state index contributed by atoms with van der Waals surface area (Å²) in [5.74, 6) is 0.920. The van der Waals surface area contributed by atoms with Crippen LogP contribution in [0.5, 0.6) is 0 Å². The third kappa shape index (κ3) is 6.03. The average molecular weight is 419 g/mol. The van der Waals surface area contributed by atoms with Gasteiger partial charge in [-0.2, -0.15) is 11.8 Å². The van der Waals surface area contributed by atoms with Crippen molar-refractivity contribution in [2.75, 3.05) is 0 Å². The third-order valence-corrected chi connectivity index (χ3v) is 6.77. The highest BCUT2D eigenvalue weighted by Gasteiger charge is 2.12. The van der Waals surface area contributed by atoms with Gasteiger partial charge in [0.05, 0.1) is 16.4 Å². The van der Waals surface area contributed by atoms with Crippen molar-refractivity contribution in [2.24, 2.45) is 0 Å². The van der Waals surface area contributed by atoms with Gasteiger partial charge in [0.2, 0.25) is 0 Å². The van der Waals surface area contributed by atoms with E-state index in [-0.39, 0.29) is 0 Å². The number of benzene rings is 2. The van der Waals surface area contributed by atoms with E-state index in [0.717, 1.165) is 25.1 Å². The van der Waals surface area contributed by atoms with E-state index in [1.807, 2.05) is 42.6 Å². The topological polar surface area (TPSA) is 17.8 Å². The van der Waals surface area contributed by atoms with E-state index in [4.69, 9.17) is 23.2 Å². The third-order valence-electron chi connectivity index (χ3n) is 4.68. The van der Waals surface area contributed by atoms with Crippen LogP contribution in [0.1, 0.15) is 28.7 Å². The summed E-state index contributed by atoms with van der Waals surface area (Å²) in [5, 5.41) is 1.72. The molecule has 0 N–H and O–H groups in total. The van der Waals surface area contributed by atoms with Gasteiger partial charge in [-0.1, -0.05) is 53.0 Å². The lowest BCUT2D eigenvalue weighted by molar-refractivity contribution is 0.623. The van der Waals surface area contributed by atoms with E-state index >= 15 is 0 Å². The van der Waals surface area contributed by atoms with Gasteiger partial charge in [-0.3, -0.25) is 0 Å². The van der Waals surface area contributed by atoms with Crippen molar-refractivity contribution < 1.29 is 0 Å². The van der Waals surface area contributed by atoms with Crippen LogP contribution in [0.25, 0.3) is 0 Å². The summed E-state index contributed by atoms with van der Waals surface area (Å²) in [5.41, 5.74) is 5.34. The molecule has 0 saturated carbocycles. The molecule has 142 valence electrons. The normalized spacial score (nSPS) is 12.3. The Morgan fingerprint density at radius 1 is 1.07 bits per heavy atom. The van der Waals surface area contributed by atoms with Crippen LogP contribution < -0.4 is 0 Å². The van der Waals surface area contributed by atoms with Crippen molar-refractivity contribution in [1.82, 2.24) is 9.55 Å². The summed E-state index contributed by atoms with van der Waals surface area (Å²) in [6, 6.07) is 12.6.